The third-order valence-electron chi connectivity index (χ3n) is 4.70. The van der Waals surface area contributed by atoms with Crippen LogP contribution in [0.1, 0.15) is 12.5 Å². The van der Waals surface area contributed by atoms with Crippen LogP contribution in [0.15, 0.2) is 53.4 Å². The van der Waals surface area contributed by atoms with Gasteiger partial charge < -0.3 is 15.5 Å². The molecule has 2 aromatic rings. The second kappa shape index (κ2) is 8.25. The summed E-state index contributed by atoms with van der Waals surface area (Å²) in [6.45, 7) is 1.60. The van der Waals surface area contributed by atoms with E-state index in [0.717, 1.165) is 4.31 Å². The topological polar surface area (TPSA) is 141 Å². The molecule has 0 spiro atoms. The first-order valence-electron chi connectivity index (χ1n) is 9.05. The number of hydrogen-bond donors (Lipinski definition) is 3. The molecular formula is C19H22N2O7S2. The van der Waals surface area contributed by atoms with Crippen molar-refractivity contribution in [2.75, 3.05) is 15.8 Å². The standard InChI is InChI=1S/C19H22N2O7S2/c1-13(22)20-10-14-5-7-17(8-6-14)30(27,28)21(15-3-2-4-16(23)9-15)18-11-29(25,26)12-19(18)24/h2-9,18-19,23-24H,10-12H2,1H3,(H,20,22)/t18-,19-/m0/s1. The third-order valence-corrected chi connectivity index (χ3v) is 8.27. The number of aromatic hydroxyl groups is 1. The molecule has 2 aromatic carbocycles. The highest BCUT2D eigenvalue weighted by atomic mass is 32.2. The molecule has 0 radical (unpaired) electrons. The van der Waals surface area contributed by atoms with Gasteiger partial charge in [-0.15, -0.1) is 0 Å². The highest BCUT2D eigenvalue weighted by Crippen LogP contribution is 2.32. The van der Waals surface area contributed by atoms with E-state index in [-0.39, 0.29) is 28.8 Å². The average Bonchev–Trinajstić information content (AvgIpc) is 2.92. The molecule has 0 saturated carbocycles. The molecule has 9 nitrogen and oxygen atoms in total. The van der Waals surface area contributed by atoms with E-state index in [1.165, 1.54) is 55.5 Å². The van der Waals surface area contributed by atoms with E-state index in [9.17, 15) is 31.8 Å². The number of hydrogen-bond acceptors (Lipinski definition) is 7. The molecular weight excluding hydrogens is 432 g/mol. The molecule has 11 heteroatoms. The number of anilines is 1. The number of sulfonamides is 1. The van der Waals surface area contributed by atoms with Gasteiger partial charge >= 0.3 is 0 Å². The predicted octanol–water partition coefficient (Wildman–Crippen LogP) is 0.381. The van der Waals surface area contributed by atoms with Gasteiger partial charge in [-0.1, -0.05) is 18.2 Å². The van der Waals surface area contributed by atoms with E-state index in [4.69, 9.17) is 0 Å². The molecule has 1 aliphatic rings. The Hall–Kier alpha value is -2.63. The summed E-state index contributed by atoms with van der Waals surface area (Å²) in [6, 6.07) is 9.92. The largest absolute Gasteiger partial charge is 0.508 e. The number of aliphatic hydroxyl groups is 1. The Morgan fingerprint density at radius 1 is 1.17 bits per heavy atom. The van der Waals surface area contributed by atoms with Crippen molar-refractivity contribution >= 4 is 31.5 Å². The van der Waals surface area contributed by atoms with Crippen LogP contribution in [0.4, 0.5) is 5.69 Å². The Morgan fingerprint density at radius 3 is 2.37 bits per heavy atom. The van der Waals surface area contributed by atoms with Gasteiger partial charge in [-0.2, -0.15) is 0 Å². The zero-order chi connectivity index (χ0) is 22.1. The second-order valence-electron chi connectivity index (χ2n) is 7.09. The summed E-state index contributed by atoms with van der Waals surface area (Å²) in [5, 5.41) is 22.7. The Kier molecular flexibility index (Phi) is 6.06. The highest BCUT2D eigenvalue weighted by Gasteiger charge is 2.45. The number of amides is 1. The Bertz CT molecular complexity index is 1150. The van der Waals surface area contributed by atoms with Crippen molar-refractivity contribution in [1.29, 1.82) is 0 Å². The Labute approximate surface area is 174 Å². The molecule has 3 rings (SSSR count). The molecule has 0 bridgehead atoms. The molecule has 1 fully saturated rings. The van der Waals surface area contributed by atoms with Gasteiger partial charge in [0.1, 0.15) is 5.75 Å². The lowest BCUT2D eigenvalue weighted by Gasteiger charge is -2.31. The third kappa shape index (κ3) is 4.74. The van der Waals surface area contributed by atoms with Crippen LogP contribution in [0.5, 0.6) is 5.75 Å². The summed E-state index contributed by atoms with van der Waals surface area (Å²) < 4.78 is 51.8. The van der Waals surface area contributed by atoms with Crippen LogP contribution < -0.4 is 9.62 Å². The smallest absolute Gasteiger partial charge is 0.264 e. The van der Waals surface area contributed by atoms with E-state index in [1.807, 2.05) is 0 Å². The molecule has 1 heterocycles. The van der Waals surface area contributed by atoms with Crippen molar-refractivity contribution < 1.29 is 31.8 Å². The normalized spacial score (nSPS) is 20.6. The van der Waals surface area contributed by atoms with E-state index < -0.39 is 43.5 Å². The highest BCUT2D eigenvalue weighted by molar-refractivity contribution is 7.93. The molecule has 0 aliphatic carbocycles. The number of benzene rings is 2. The first-order valence-corrected chi connectivity index (χ1v) is 12.3. The lowest BCUT2D eigenvalue weighted by molar-refractivity contribution is -0.119. The van der Waals surface area contributed by atoms with Gasteiger partial charge in [-0.05, 0) is 29.8 Å². The zero-order valence-electron chi connectivity index (χ0n) is 16.1. The number of sulfone groups is 1. The number of phenolic OH excluding ortho intramolecular Hbond substituents is 1. The predicted molar refractivity (Wildman–Crippen MR) is 110 cm³/mol. The van der Waals surface area contributed by atoms with Crippen molar-refractivity contribution in [3.8, 4) is 5.75 Å². The van der Waals surface area contributed by atoms with Crippen molar-refractivity contribution in [2.24, 2.45) is 0 Å². The number of carbonyl (C=O) groups excluding carboxylic acids is 1. The summed E-state index contributed by atoms with van der Waals surface area (Å²) in [4.78, 5) is 10.9. The molecule has 0 unspecified atom stereocenters. The molecule has 1 saturated heterocycles. The van der Waals surface area contributed by atoms with Crippen molar-refractivity contribution in [2.45, 2.75) is 30.5 Å². The molecule has 1 amide bonds. The molecule has 30 heavy (non-hydrogen) atoms. The van der Waals surface area contributed by atoms with E-state index in [1.54, 1.807) is 0 Å². The monoisotopic (exact) mass is 454 g/mol. The number of phenols is 1. The first kappa shape index (κ1) is 22.1. The van der Waals surface area contributed by atoms with Crippen LogP contribution in [0.25, 0.3) is 0 Å². The van der Waals surface area contributed by atoms with Gasteiger partial charge in [0.2, 0.25) is 5.91 Å². The van der Waals surface area contributed by atoms with E-state index in [2.05, 4.69) is 5.32 Å². The van der Waals surface area contributed by atoms with Crippen LogP contribution in [-0.4, -0.2) is 56.6 Å². The fourth-order valence-corrected chi connectivity index (χ4v) is 6.83. The summed E-state index contributed by atoms with van der Waals surface area (Å²) in [5.74, 6) is -1.51. The lowest BCUT2D eigenvalue weighted by Crippen LogP contribution is -2.47. The van der Waals surface area contributed by atoms with Gasteiger partial charge in [0, 0.05) is 19.5 Å². The van der Waals surface area contributed by atoms with Crippen LogP contribution in [0.3, 0.4) is 0 Å². The van der Waals surface area contributed by atoms with Gasteiger partial charge in [0.25, 0.3) is 10.0 Å². The van der Waals surface area contributed by atoms with Crippen LogP contribution >= 0.6 is 0 Å². The quantitative estimate of drug-likeness (QED) is 0.573. The van der Waals surface area contributed by atoms with E-state index in [0.29, 0.717) is 5.56 Å². The van der Waals surface area contributed by atoms with E-state index >= 15 is 0 Å². The maximum absolute atomic E-state index is 13.4. The SMILES string of the molecule is CC(=O)NCc1ccc(S(=O)(=O)N(c2cccc(O)c2)[C@H]2CS(=O)(=O)C[C@@H]2O)cc1. The fraction of sp³-hybridized carbons (Fsp3) is 0.316. The average molecular weight is 455 g/mol. The molecule has 2 atom stereocenters. The van der Waals surface area contributed by atoms with Crippen molar-refractivity contribution in [3.63, 3.8) is 0 Å². The maximum atomic E-state index is 13.4. The van der Waals surface area contributed by atoms with Gasteiger partial charge in [-0.3, -0.25) is 9.10 Å². The molecule has 0 aromatic heterocycles. The van der Waals surface area contributed by atoms with Gasteiger partial charge in [0.05, 0.1) is 34.2 Å². The van der Waals surface area contributed by atoms with Crippen molar-refractivity contribution in [1.82, 2.24) is 5.32 Å². The minimum absolute atomic E-state index is 0.0403. The zero-order valence-corrected chi connectivity index (χ0v) is 17.7. The Morgan fingerprint density at radius 2 is 1.83 bits per heavy atom. The number of aliphatic hydroxyl groups excluding tert-OH is 1. The summed E-state index contributed by atoms with van der Waals surface area (Å²) >= 11 is 0. The fourth-order valence-electron chi connectivity index (χ4n) is 3.29. The summed E-state index contributed by atoms with van der Waals surface area (Å²) in [7, 11) is -7.91. The van der Waals surface area contributed by atoms with Crippen molar-refractivity contribution in [3.05, 3.63) is 54.1 Å². The van der Waals surface area contributed by atoms with Crippen LogP contribution in [0, 0.1) is 0 Å². The molecule has 1 aliphatic heterocycles. The first-order chi connectivity index (χ1) is 14.0. The molecule has 162 valence electrons. The Balaban J connectivity index is 2.03. The number of nitrogens with zero attached hydrogens (tertiary/aromatic N) is 1. The summed E-state index contributed by atoms with van der Waals surface area (Å²) in [6.07, 6.45) is -1.41. The summed E-state index contributed by atoms with van der Waals surface area (Å²) in [5.41, 5.74) is 0.718. The van der Waals surface area contributed by atoms with Crippen LogP contribution in [-0.2, 0) is 31.2 Å². The minimum atomic E-state index is -4.28. The number of nitrogens with one attached hydrogen (secondary N) is 1. The van der Waals surface area contributed by atoms with Crippen LogP contribution in [0.2, 0.25) is 0 Å². The second-order valence-corrected chi connectivity index (χ2v) is 11.1. The maximum Gasteiger partial charge on any atom is 0.264 e. The van der Waals surface area contributed by atoms with Gasteiger partial charge in [-0.25, -0.2) is 16.8 Å². The molecule has 3 N–H and O–H groups in total. The number of rotatable bonds is 6. The van der Waals surface area contributed by atoms with Gasteiger partial charge in [0.15, 0.2) is 9.84 Å². The minimum Gasteiger partial charge on any atom is -0.508 e. The lowest BCUT2D eigenvalue weighted by atomic mass is 10.2. The number of carbonyl (C=O) groups is 1.